The highest BCUT2D eigenvalue weighted by atomic mass is 32.2. The zero-order chi connectivity index (χ0) is 14.9. The maximum Gasteiger partial charge on any atom is 0.240 e. The molecular weight excluding hydrogens is 274 g/mol. The maximum atomic E-state index is 12.1. The summed E-state index contributed by atoms with van der Waals surface area (Å²) in [7, 11) is -1.48. The molecule has 20 heavy (non-hydrogen) atoms. The van der Waals surface area contributed by atoms with Crippen LogP contribution < -0.4 is 15.4 Å². The molecule has 0 aliphatic heterocycles. The van der Waals surface area contributed by atoms with Gasteiger partial charge < -0.3 is 10.6 Å². The molecule has 0 heterocycles. The first-order chi connectivity index (χ1) is 9.36. The number of hydrogen-bond acceptors (Lipinski definition) is 4. The monoisotopic (exact) mass is 297 g/mol. The topological polar surface area (TPSA) is 75.4 Å². The summed E-state index contributed by atoms with van der Waals surface area (Å²) in [6.45, 7) is 4.29. The van der Waals surface area contributed by atoms with Crippen molar-refractivity contribution in [2.24, 2.45) is 5.92 Å². The zero-order valence-corrected chi connectivity index (χ0v) is 13.1. The van der Waals surface area contributed by atoms with Crippen LogP contribution in [-0.4, -0.2) is 28.1 Å². The largest absolute Gasteiger partial charge is 0.397 e. The molecule has 0 amide bonds. The molecule has 1 saturated carbocycles. The summed E-state index contributed by atoms with van der Waals surface area (Å²) in [4.78, 5) is 2.34. The van der Waals surface area contributed by atoms with Crippen LogP contribution in [0.5, 0.6) is 0 Å². The SMILES string of the molecule is CCNS(=O)(=O)c1ccc(N)c(N(C)C(C)C2CC2)c1. The minimum Gasteiger partial charge on any atom is -0.397 e. The molecule has 1 fully saturated rings. The molecule has 6 heteroatoms. The van der Waals surface area contributed by atoms with E-state index < -0.39 is 10.0 Å². The average Bonchev–Trinajstić information content (AvgIpc) is 3.21. The summed E-state index contributed by atoms with van der Waals surface area (Å²) in [6, 6.07) is 5.24. The summed E-state index contributed by atoms with van der Waals surface area (Å²) >= 11 is 0. The fraction of sp³-hybridized carbons (Fsp3) is 0.571. The maximum absolute atomic E-state index is 12.1. The number of nitrogens with one attached hydrogen (secondary N) is 1. The van der Waals surface area contributed by atoms with Gasteiger partial charge in [0.2, 0.25) is 10.0 Å². The second-order valence-corrected chi connectivity index (χ2v) is 7.18. The van der Waals surface area contributed by atoms with E-state index in [9.17, 15) is 8.42 Å². The van der Waals surface area contributed by atoms with Crippen LogP contribution in [0.4, 0.5) is 11.4 Å². The Balaban J connectivity index is 2.33. The Bertz CT molecular complexity index is 582. The van der Waals surface area contributed by atoms with Crippen LogP contribution in [0.3, 0.4) is 0 Å². The predicted octanol–water partition coefficient (Wildman–Crippen LogP) is 1.80. The van der Waals surface area contributed by atoms with Crippen molar-refractivity contribution in [1.82, 2.24) is 4.72 Å². The van der Waals surface area contributed by atoms with Gasteiger partial charge in [0.15, 0.2) is 0 Å². The van der Waals surface area contributed by atoms with Gasteiger partial charge in [-0.25, -0.2) is 13.1 Å². The number of hydrogen-bond donors (Lipinski definition) is 2. The summed E-state index contributed by atoms with van der Waals surface area (Å²) < 4.78 is 26.6. The van der Waals surface area contributed by atoms with E-state index in [1.54, 1.807) is 25.1 Å². The van der Waals surface area contributed by atoms with E-state index in [4.69, 9.17) is 5.73 Å². The Morgan fingerprint density at radius 2 is 2.10 bits per heavy atom. The highest BCUT2D eigenvalue weighted by Gasteiger charge is 2.31. The Morgan fingerprint density at radius 1 is 1.45 bits per heavy atom. The van der Waals surface area contributed by atoms with Crippen molar-refractivity contribution in [3.8, 4) is 0 Å². The van der Waals surface area contributed by atoms with Gasteiger partial charge in [-0.2, -0.15) is 0 Å². The van der Waals surface area contributed by atoms with Crippen molar-refractivity contribution in [1.29, 1.82) is 0 Å². The van der Waals surface area contributed by atoms with Crippen molar-refractivity contribution < 1.29 is 8.42 Å². The van der Waals surface area contributed by atoms with Gasteiger partial charge in [0.05, 0.1) is 16.3 Å². The molecule has 0 spiro atoms. The Morgan fingerprint density at radius 3 is 2.65 bits per heavy atom. The molecule has 112 valence electrons. The van der Waals surface area contributed by atoms with E-state index in [0.717, 1.165) is 5.69 Å². The molecule has 1 aliphatic carbocycles. The van der Waals surface area contributed by atoms with E-state index >= 15 is 0 Å². The van der Waals surface area contributed by atoms with Crippen LogP contribution in [0, 0.1) is 5.92 Å². The smallest absolute Gasteiger partial charge is 0.240 e. The molecule has 2 rings (SSSR count). The number of nitrogens with zero attached hydrogens (tertiary/aromatic N) is 1. The number of nitrogen functional groups attached to an aromatic ring is 1. The third-order valence-corrected chi connectivity index (χ3v) is 5.48. The first kappa shape index (κ1) is 15.1. The minimum atomic E-state index is -3.45. The molecular formula is C14H23N3O2S. The highest BCUT2D eigenvalue weighted by molar-refractivity contribution is 7.89. The van der Waals surface area contributed by atoms with Gasteiger partial charge in [-0.1, -0.05) is 6.92 Å². The second kappa shape index (κ2) is 5.61. The van der Waals surface area contributed by atoms with Gasteiger partial charge in [0.1, 0.15) is 0 Å². The van der Waals surface area contributed by atoms with E-state index in [1.807, 2.05) is 7.05 Å². The summed E-state index contributed by atoms with van der Waals surface area (Å²) in [6.07, 6.45) is 2.47. The van der Waals surface area contributed by atoms with Crippen LogP contribution in [0.1, 0.15) is 26.7 Å². The Hall–Kier alpha value is -1.27. The number of anilines is 2. The van der Waals surface area contributed by atoms with Crippen LogP contribution in [-0.2, 0) is 10.0 Å². The van der Waals surface area contributed by atoms with Gasteiger partial charge in [-0.05, 0) is 43.9 Å². The van der Waals surface area contributed by atoms with Crippen molar-refractivity contribution in [2.45, 2.75) is 37.6 Å². The lowest BCUT2D eigenvalue weighted by molar-refractivity contribution is 0.583. The van der Waals surface area contributed by atoms with Crippen molar-refractivity contribution in [2.75, 3.05) is 24.2 Å². The second-order valence-electron chi connectivity index (χ2n) is 5.41. The van der Waals surface area contributed by atoms with Crippen LogP contribution in [0.25, 0.3) is 0 Å². The standard InChI is InChI=1S/C14H23N3O2S/c1-4-16-20(18,19)12-7-8-13(15)14(9-12)17(3)10(2)11-5-6-11/h7-11,16H,4-6,15H2,1-3H3. The molecule has 1 aromatic rings. The van der Waals surface area contributed by atoms with E-state index in [1.165, 1.54) is 12.8 Å². The van der Waals surface area contributed by atoms with E-state index in [2.05, 4.69) is 16.5 Å². The zero-order valence-electron chi connectivity index (χ0n) is 12.3. The van der Waals surface area contributed by atoms with Gasteiger partial charge in [-0.15, -0.1) is 0 Å². The third kappa shape index (κ3) is 3.07. The number of nitrogens with two attached hydrogens (primary N) is 1. The Labute approximate surface area is 121 Å². The molecule has 5 nitrogen and oxygen atoms in total. The van der Waals surface area contributed by atoms with Crippen LogP contribution in [0.2, 0.25) is 0 Å². The fourth-order valence-corrected chi connectivity index (χ4v) is 3.44. The molecule has 1 atom stereocenters. The van der Waals surface area contributed by atoms with Crippen molar-refractivity contribution in [3.05, 3.63) is 18.2 Å². The quantitative estimate of drug-likeness (QED) is 0.785. The molecule has 0 bridgehead atoms. The van der Waals surface area contributed by atoms with Crippen LogP contribution >= 0.6 is 0 Å². The van der Waals surface area contributed by atoms with E-state index in [0.29, 0.717) is 24.2 Å². The normalized spacial score (nSPS) is 16.9. The van der Waals surface area contributed by atoms with Gasteiger partial charge in [0, 0.05) is 19.6 Å². The minimum absolute atomic E-state index is 0.262. The first-order valence-corrected chi connectivity index (χ1v) is 8.47. The predicted molar refractivity (Wildman–Crippen MR) is 82.3 cm³/mol. The number of sulfonamides is 1. The first-order valence-electron chi connectivity index (χ1n) is 6.99. The van der Waals surface area contributed by atoms with Gasteiger partial charge in [0.25, 0.3) is 0 Å². The van der Waals surface area contributed by atoms with Gasteiger partial charge in [-0.3, -0.25) is 0 Å². The summed E-state index contributed by atoms with van der Waals surface area (Å²) in [5.41, 5.74) is 7.40. The van der Waals surface area contributed by atoms with Crippen molar-refractivity contribution in [3.63, 3.8) is 0 Å². The van der Waals surface area contributed by atoms with E-state index in [-0.39, 0.29) is 4.90 Å². The average molecular weight is 297 g/mol. The molecule has 0 radical (unpaired) electrons. The lowest BCUT2D eigenvalue weighted by Crippen LogP contribution is -2.31. The molecule has 1 aliphatic rings. The van der Waals surface area contributed by atoms with Crippen molar-refractivity contribution >= 4 is 21.4 Å². The third-order valence-electron chi connectivity index (χ3n) is 3.94. The molecule has 1 unspecified atom stereocenters. The molecule has 1 aromatic carbocycles. The molecule has 3 N–H and O–H groups in total. The lowest BCUT2D eigenvalue weighted by atomic mass is 10.1. The number of benzene rings is 1. The summed E-state index contributed by atoms with van der Waals surface area (Å²) in [5.74, 6) is 0.688. The Kier molecular flexibility index (Phi) is 4.25. The highest BCUT2D eigenvalue weighted by Crippen LogP contribution is 2.38. The number of rotatable bonds is 6. The van der Waals surface area contributed by atoms with Gasteiger partial charge >= 0.3 is 0 Å². The molecule has 0 saturated heterocycles. The fourth-order valence-electron chi connectivity index (χ4n) is 2.38. The lowest BCUT2D eigenvalue weighted by Gasteiger charge is -2.28. The van der Waals surface area contributed by atoms with Crippen LogP contribution in [0.15, 0.2) is 23.1 Å². The molecule has 0 aromatic heterocycles. The summed E-state index contributed by atoms with van der Waals surface area (Å²) in [5, 5.41) is 0.